The summed E-state index contributed by atoms with van der Waals surface area (Å²) < 4.78 is 8.21. The van der Waals surface area contributed by atoms with E-state index in [-0.39, 0.29) is 0 Å². The van der Waals surface area contributed by atoms with Crippen molar-refractivity contribution in [2.45, 2.75) is 26.3 Å². The van der Waals surface area contributed by atoms with Gasteiger partial charge in [-0.2, -0.15) is 5.10 Å². The SMILES string of the molecule is CCc1nn(C)c(CNc2ccccc2CCOC)c1Br. The first-order chi connectivity index (χ1) is 10.2. The Morgan fingerprint density at radius 1 is 1.33 bits per heavy atom. The zero-order valence-corrected chi connectivity index (χ0v) is 14.4. The number of aromatic nitrogens is 2. The van der Waals surface area contributed by atoms with Crippen molar-refractivity contribution in [1.82, 2.24) is 9.78 Å². The molecule has 5 heteroatoms. The second-order valence-electron chi connectivity index (χ2n) is 4.94. The summed E-state index contributed by atoms with van der Waals surface area (Å²) in [7, 11) is 3.72. The molecule has 1 heterocycles. The Hall–Kier alpha value is -1.33. The van der Waals surface area contributed by atoms with Gasteiger partial charge in [-0.25, -0.2) is 0 Å². The Bertz CT molecular complexity index is 595. The number of rotatable bonds is 7. The lowest BCUT2D eigenvalue weighted by molar-refractivity contribution is 0.202. The number of para-hydroxylation sites is 1. The van der Waals surface area contributed by atoms with Crippen LogP contribution in [0.5, 0.6) is 0 Å². The van der Waals surface area contributed by atoms with Crippen LogP contribution in [0.2, 0.25) is 0 Å². The summed E-state index contributed by atoms with van der Waals surface area (Å²) in [5.41, 5.74) is 4.68. The average molecular weight is 352 g/mol. The number of nitrogens with one attached hydrogen (secondary N) is 1. The van der Waals surface area contributed by atoms with Crippen LogP contribution in [-0.4, -0.2) is 23.5 Å². The van der Waals surface area contributed by atoms with E-state index in [1.165, 1.54) is 5.56 Å². The molecule has 0 amide bonds. The van der Waals surface area contributed by atoms with E-state index in [2.05, 4.69) is 51.5 Å². The molecule has 0 unspecified atom stereocenters. The largest absolute Gasteiger partial charge is 0.384 e. The molecule has 1 N–H and O–H groups in total. The second kappa shape index (κ2) is 7.61. The van der Waals surface area contributed by atoms with Crippen LogP contribution in [0.3, 0.4) is 0 Å². The standard InChI is InChI=1S/C16H22BrN3O/c1-4-13-16(17)15(20(2)19-13)11-18-14-8-6-5-7-12(14)9-10-21-3/h5-8,18H,4,9-11H2,1-3H3. The smallest absolute Gasteiger partial charge is 0.0767 e. The molecule has 0 aliphatic heterocycles. The molecule has 0 fully saturated rings. The maximum Gasteiger partial charge on any atom is 0.0767 e. The summed E-state index contributed by atoms with van der Waals surface area (Å²) >= 11 is 3.65. The maximum atomic E-state index is 5.17. The highest BCUT2D eigenvalue weighted by atomic mass is 79.9. The van der Waals surface area contributed by atoms with Crippen LogP contribution in [0.25, 0.3) is 0 Å². The lowest BCUT2D eigenvalue weighted by atomic mass is 10.1. The van der Waals surface area contributed by atoms with Gasteiger partial charge in [0.05, 0.1) is 29.0 Å². The number of methoxy groups -OCH3 is 1. The van der Waals surface area contributed by atoms with Gasteiger partial charge < -0.3 is 10.1 Å². The predicted molar refractivity (Wildman–Crippen MR) is 89.6 cm³/mol. The summed E-state index contributed by atoms with van der Waals surface area (Å²) in [5.74, 6) is 0. The Morgan fingerprint density at radius 2 is 2.10 bits per heavy atom. The quantitative estimate of drug-likeness (QED) is 0.828. The number of nitrogens with zero attached hydrogens (tertiary/aromatic N) is 2. The first-order valence-electron chi connectivity index (χ1n) is 7.18. The lowest BCUT2D eigenvalue weighted by Crippen LogP contribution is -2.08. The van der Waals surface area contributed by atoms with Crippen LogP contribution in [0, 0.1) is 0 Å². The van der Waals surface area contributed by atoms with Crippen LogP contribution < -0.4 is 5.32 Å². The predicted octanol–water partition coefficient (Wildman–Crippen LogP) is 3.55. The summed E-state index contributed by atoms with van der Waals surface area (Å²) in [6.07, 6.45) is 1.84. The van der Waals surface area contributed by atoms with Gasteiger partial charge in [0, 0.05) is 19.8 Å². The molecule has 0 saturated heterocycles. The molecule has 0 saturated carbocycles. The Kier molecular flexibility index (Phi) is 5.82. The molecule has 4 nitrogen and oxygen atoms in total. The Morgan fingerprint density at radius 3 is 2.76 bits per heavy atom. The van der Waals surface area contributed by atoms with Gasteiger partial charge in [-0.05, 0) is 40.4 Å². The fourth-order valence-electron chi connectivity index (χ4n) is 2.31. The number of benzene rings is 1. The fraction of sp³-hybridized carbons (Fsp3) is 0.438. The zero-order chi connectivity index (χ0) is 15.2. The summed E-state index contributed by atoms with van der Waals surface area (Å²) in [6, 6.07) is 8.35. The molecule has 21 heavy (non-hydrogen) atoms. The van der Waals surface area contributed by atoms with E-state index in [1.54, 1.807) is 7.11 Å². The molecular weight excluding hydrogens is 330 g/mol. The van der Waals surface area contributed by atoms with Crippen molar-refractivity contribution >= 4 is 21.6 Å². The summed E-state index contributed by atoms with van der Waals surface area (Å²) in [4.78, 5) is 0. The highest BCUT2D eigenvalue weighted by molar-refractivity contribution is 9.10. The van der Waals surface area contributed by atoms with Gasteiger partial charge in [0.15, 0.2) is 0 Å². The molecule has 0 spiro atoms. The van der Waals surface area contributed by atoms with Gasteiger partial charge in [-0.3, -0.25) is 4.68 Å². The van der Waals surface area contributed by atoms with E-state index < -0.39 is 0 Å². The Balaban J connectivity index is 2.11. The summed E-state index contributed by atoms with van der Waals surface area (Å²) in [5, 5.41) is 8.03. The van der Waals surface area contributed by atoms with Crippen LogP contribution in [0.1, 0.15) is 23.9 Å². The highest BCUT2D eigenvalue weighted by Crippen LogP contribution is 2.23. The van der Waals surface area contributed by atoms with Crippen molar-refractivity contribution in [2.24, 2.45) is 7.05 Å². The number of anilines is 1. The monoisotopic (exact) mass is 351 g/mol. The summed E-state index contributed by atoms with van der Waals surface area (Å²) in [6.45, 7) is 3.59. The number of aryl methyl sites for hydroxylation is 2. The number of ether oxygens (including phenoxy) is 1. The first-order valence-corrected chi connectivity index (χ1v) is 7.97. The molecule has 0 aliphatic rings. The molecule has 0 atom stereocenters. The van der Waals surface area contributed by atoms with Crippen molar-refractivity contribution < 1.29 is 4.74 Å². The normalized spacial score (nSPS) is 10.9. The van der Waals surface area contributed by atoms with Gasteiger partial charge >= 0.3 is 0 Å². The lowest BCUT2D eigenvalue weighted by Gasteiger charge is -2.12. The van der Waals surface area contributed by atoms with Crippen molar-refractivity contribution in [1.29, 1.82) is 0 Å². The van der Waals surface area contributed by atoms with Gasteiger partial charge in [0.25, 0.3) is 0 Å². The van der Waals surface area contributed by atoms with Crippen LogP contribution in [0.4, 0.5) is 5.69 Å². The molecule has 2 aromatic rings. The second-order valence-corrected chi connectivity index (χ2v) is 5.73. The van der Waals surface area contributed by atoms with Crippen molar-refractivity contribution in [3.05, 3.63) is 45.7 Å². The van der Waals surface area contributed by atoms with Crippen LogP contribution >= 0.6 is 15.9 Å². The molecular formula is C16H22BrN3O. The highest BCUT2D eigenvalue weighted by Gasteiger charge is 2.12. The minimum Gasteiger partial charge on any atom is -0.384 e. The van der Waals surface area contributed by atoms with E-state index >= 15 is 0 Å². The molecule has 114 valence electrons. The van der Waals surface area contributed by atoms with Crippen molar-refractivity contribution in [2.75, 3.05) is 19.0 Å². The van der Waals surface area contributed by atoms with E-state index in [1.807, 2.05) is 17.8 Å². The van der Waals surface area contributed by atoms with E-state index in [0.29, 0.717) is 0 Å². The number of hydrogen-bond donors (Lipinski definition) is 1. The zero-order valence-electron chi connectivity index (χ0n) is 12.8. The number of halogens is 1. The molecule has 0 bridgehead atoms. The number of hydrogen-bond acceptors (Lipinski definition) is 3. The van der Waals surface area contributed by atoms with Crippen LogP contribution in [-0.2, 0) is 31.2 Å². The molecule has 1 aromatic heterocycles. The minimum atomic E-state index is 0.730. The van der Waals surface area contributed by atoms with Gasteiger partial charge in [-0.15, -0.1) is 0 Å². The topological polar surface area (TPSA) is 39.1 Å². The molecule has 0 aliphatic carbocycles. The minimum absolute atomic E-state index is 0.730. The fourth-order valence-corrected chi connectivity index (χ4v) is 3.07. The third-order valence-electron chi connectivity index (χ3n) is 3.54. The van der Waals surface area contributed by atoms with Crippen LogP contribution in [0.15, 0.2) is 28.7 Å². The molecule has 2 rings (SSSR count). The van der Waals surface area contributed by atoms with Crippen molar-refractivity contribution in [3.63, 3.8) is 0 Å². The first kappa shape index (κ1) is 16.0. The average Bonchev–Trinajstić information content (AvgIpc) is 2.78. The third-order valence-corrected chi connectivity index (χ3v) is 4.46. The Labute approximate surface area is 134 Å². The van der Waals surface area contributed by atoms with E-state index in [0.717, 1.165) is 47.5 Å². The van der Waals surface area contributed by atoms with Gasteiger partial charge in [0.1, 0.15) is 0 Å². The van der Waals surface area contributed by atoms with Crippen molar-refractivity contribution in [3.8, 4) is 0 Å². The van der Waals surface area contributed by atoms with Gasteiger partial charge in [0.2, 0.25) is 0 Å². The van der Waals surface area contributed by atoms with E-state index in [4.69, 9.17) is 4.74 Å². The maximum absolute atomic E-state index is 5.17. The van der Waals surface area contributed by atoms with E-state index in [9.17, 15) is 0 Å². The molecule has 0 radical (unpaired) electrons. The third kappa shape index (κ3) is 3.86. The molecule has 1 aromatic carbocycles. The van der Waals surface area contributed by atoms with Gasteiger partial charge in [-0.1, -0.05) is 25.1 Å².